The highest BCUT2D eigenvalue weighted by molar-refractivity contribution is 7.07. The van der Waals surface area contributed by atoms with Crippen LogP contribution in [0.4, 0.5) is 0 Å². The number of nitrogens with zero attached hydrogens (tertiary/aromatic N) is 2. The average Bonchev–Trinajstić information content (AvgIpc) is 2.89. The van der Waals surface area contributed by atoms with Gasteiger partial charge < -0.3 is 10.2 Å². The van der Waals surface area contributed by atoms with Crippen molar-refractivity contribution < 1.29 is 0 Å². The van der Waals surface area contributed by atoms with Gasteiger partial charge in [0.15, 0.2) is 0 Å². The van der Waals surface area contributed by atoms with Gasteiger partial charge in [-0.25, -0.2) is 4.98 Å². The minimum Gasteiger partial charge on any atom is -0.314 e. The topological polar surface area (TPSA) is 28.2 Å². The van der Waals surface area contributed by atoms with E-state index in [-0.39, 0.29) is 0 Å². The van der Waals surface area contributed by atoms with Gasteiger partial charge in [-0.1, -0.05) is 20.8 Å². The van der Waals surface area contributed by atoms with E-state index in [0.29, 0.717) is 11.5 Å². The number of rotatable bonds is 7. The van der Waals surface area contributed by atoms with E-state index in [1.165, 1.54) is 37.9 Å². The zero-order valence-corrected chi connectivity index (χ0v) is 14.9. The van der Waals surface area contributed by atoms with Crippen molar-refractivity contribution >= 4 is 11.3 Å². The molecule has 0 bridgehead atoms. The largest absolute Gasteiger partial charge is 0.314 e. The molecule has 2 atom stereocenters. The molecule has 2 rings (SSSR count). The molecule has 1 aromatic heterocycles. The summed E-state index contributed by atoms with van der Waals surface area (Å²) in [4.78, 5) is 6.85. The van der Waals surface area contributed by atoms with Crippen LogP contribution in [0.2, 0.25) is 0 Å². The summed E-state index contributed by atoms with van der Waals surface area (Å²) in [5.41, 5.74) is 3.63. The molecule has 0 spiro atoms. The van der Waals surface area contributed by atoms with Crippen LogP contribution in [0.3, 0.4) is 0 Å². The number of aromatic nitrogens is 1. The Labute approximate surface area is 134 Å². The molecule has 1 aliphatic carbocycles. The van der Waals surface area contributed by atoms with Gasteiger partial charge >= 0.3 is 0 Å². The average molecular weight is 310 g/mol. The van der Waals surface area contributed by atoms with Gasteiger partial charge in [0.05, 0.1) is 11.2 Å². The van der Waals surface area contributed by atoms with Crippen molar-refractivity contribution in [1.29, 1.82) is 0 Å². The van der Waals surface area contributed by atoms with Crippen LogP contribution < -0.4 is 5.32 Å². The van der Waals surface area contributed by atoms with Crippen LogP contribution in [0.15, 0.2) is 10.9 Å². The van der Waals surface area contributed by atoms with Crippen LogP contribution in [-0.4, -0.2) is 36.1 Å². The van der Waals surface area contributed by atoms with Gasteiger partial charge in [0.2, 0.25) is 0 Å². The fourth-order valence-electron chi connectivity index (χ4n) is 3.58. The van der Waals surface area contributed by atoms with Gasteiger partial charge in [0.1, 0.15) is 0 Å². The van der Waals surface area contributed by atoms with Crippen molar-refractivity contribution in [1.82, 2.24) is 15.2 Å². The summed E-state index contributed by atoms with van der Waals surface area (Å²) < 4.78 is 0. The summed E-state index contributed by atoms with van der Waals surface area (Å²) >= 11 is 1.69. The van der Waals surface area contributed by atoms with Crippen LogP contribution in [0.25, 0.3) is 0 Å². The normalized spacial score (nSPS) is 25.4. The van der Waals surface area contributed by atoms with Crippen LogP contribution in [0, 0.1) is 11.3 Å². The molecule has 0 aromatic carbocycles. The Balaban J connectivity index is 1.91. The fraction of sp³-hybridized carbons (Fsp3) is 0.824. The first-order valence-electron chi connectivity index (χ1n) is 8.29. The van der Waals surface area contributed by atoms with Crippen LogP contribution in [0.5, 0.6) is 0 Å². The van der Waals surface area contributed by atoms with Crippen molar-refractivity contribution in [2.24, 2.45) is 11.3 Å². The lowest BCUT2D eigenvalue weighted by atomic mass is 9.69. The van der Waals surface area contributed by atoms with Crippen LogP contribution in [-0.2, 0) is 6.54 Å². The predicted molar refractivity (Wildman–Crippen MR) is 91.7 cm³/mol. The van der Waals surface area contributed by atoms with E-state index in [2.05, 4.69) is 48.4 Å². The van der Waals surface area contributed by atoms with Gasteiger partial charge in [0, 0.05) is 24.5 Å². The number of nitrogens with one attached hydrogen (secondary N) is 1. The second-order valence-electron chi connectivity index (χ2n) is 7.40. The lowest BCUT2D eigenvalue weighted by molar-refractivity contribution is 0.106. The summed E-state index contributed by atoms with van der Waals surface area (Å²) in [6, 6.07) is 0.691. The molecule has 1 aliphatic rings. The van der Waals surface area contributed by atoms with E-state index in [9.17, 15) is 0 Å². The highest BCUT2D eigenvalue weighted by atomic mass is 32.1. The molecule has 4 heteroatoms. The number of hydrogen-bond donors (Lipinski definition) is 1. The van der Waals surface area contributed by atoms with E-state index in [1.54, 1.807) is 11.3 Å². The highest BCUT2D eigenvalue weighted by Gasteiger charge is 2.34. The Hall–Kier alpha value is -0.450. The predicted octanol–water partition coefficient (Wildman–Crippen LogP) is 3.77. The van der Waals surface area contributed by atoms with E-state index < -0.39 is 0 Å². The summed E-state index contributed by atoms with van der Waals surface area (Å²) in [7, 11) is 2.23. The SMILES string of the molecule is CCCNC1CCC(C)(C)CC1CN(C)Cc1cscn1. The Kier molecular flexibility index (Phi) is 6.20. The lowest BCUT2D eigenvalue weighted by Gasteiger charge is -2.42. The third-order valence-electron chi connectivity index (χ3n) is 4.63. The fourth-order valence-corrected chi connectivity index (χ4v) is 4.13. The monoisotopic (exact) mass is 309 g/mol. The van der Waals surface area contributed by atoms with Gasteiger partial charge in [-0.2, -0.15) is 0 Å². The number of thiazole rings is 1. The molecule has 1 N–H and O–H groups in total. The van der Waals surface area contributed by atoms with Gasteiger partial charge in [-0.05, 0) is 50.6 Å². The zero-order valence-electron chi connectivity index (χ0n) is 14.1. The molecule has 0 radical (unpaired) electrons. The lowest BCUT2D eigenvalue weighted by Crippen LogP contribution is -2.47. The smallest absolute Gasteiger partial charge is 0.0795 e. The van der Waals surface area contributed by atoms with Crippen LogP contribution >= 0.6 is 11.3 Å². The molecule has 120 valence electrons. The van der Waals surface area contributed by atoms with Crippen molar-refractivity contribution in [3.8, 4) is 0 Å². The molecule has 0 amide bonds. The van der Waals surface area contributed by atoms with E-state index in [4.69, 9.17) is 0 Å². The van der Waals surface area contributed by atoms with Crippen molar-refractivity contribution in [3.05, 3.63) is 16.6 Å². The number of hydrogen-bond acceptors (Lipinski definition) is 4. The second-order valence-corrected chi connectivity index (χ2v) is 8.12. The standard InChI is InChI=1S/C17H31N3S/c1-5-8-18-16-6-7-17(2,3)9-14(16)10-20(4)11-15-12-21-13-19-15/h12-14,16,18H,5-11H2,1-4H3. The Morgan fingerprint density at radius 2 is 2.29 bits per heavy atom. The van der Waals surface area contributed by atoms with Gasteiger partial charge in [0.25, 0.3) is 0 Å². The molecule has 21 heavy (non-hydrogen) atoms. The molecule has 0 aliphatic heterocycles. The molecule has 1 heterocycles. The van der Waals surface area contributed by atoms with Gasteiger partial charge in [-0.15, -0.1) is 11.3 Å². The summed E-state index contributed by atoms with van der Waals surface area (Å²) in [5, 5.41) is 5.94. The summed E-state index contributed by atoms with van der Waals surface area (Å²) in [6.45, 7) is 10.4. The minimum absolute atomic E-state index is 0.497. The second kappa shape index (κ2) is 7.70. The molecule has 3 nitrogen and oxygen atoms in total. The first-order valence-corrected chi connectivity index (χ1v) is 9.23. The summed E-state index contributed by atoms with van der Waals surface area (Å²) in [6.07, 6.45) is 5.22. The zero-order chi connectivity index (χ0) is 15.3. The molecular weight excluding hydrogens is 278 g/mol. The Morgan fingerprint density at radius 3 is 2.95 bits per heavy atom. The van der Waals surface area contributed by atoms with Crippen molar-refractivity contribution in [2.45, 2.75) is 59.0 Å². The quantitative estimate of drug-likeness (QED) is 0.831. The first-order chi connectivity index (χ1) is 10.00. The van der Waals surface area contributed by atoms with Crippen molar-refractivity contribution in [2.75, 3.05) is 20.1 Å². The van der Waals surface area contributed by atoms with Crippen LogP contribution in [0.1, 0.15) is 52.1 Å². The van der Waals surface area contributed by atoms with E-state index in [0.717, 1.165) is 19.0 Å². The Bertz CT molecular complexity index is 402. The minimum atomic E-state index is 0.497. The summed E-state index contributed by atoms with van der Waals surface area (Å²) in [5.74, 6) is 0.754. The maximum absolute atomic E-state index is 4.41. The molecule has 2 unspecified atom stereocenters. The van der Waals surface area contributed by atoms with Gasteiger partial charge in [-0.3, -0.25) is 0 Å². The highest BCUT2D eigenvalue weighted by Crippen LogP contribution is 2.39. The third kappa shape index (κ3) is 5.35. The molecule has 1 aromatic rings. The molecule has 1 fully saturated rings. The molecular formula is C17H31N3S. The maximum Gasteiger partial charge on any atom is 0.0795 e. The van der Waals surface area contributed by atoms with E-state index >= 15 is 0 Å². The first kappa shape index (κ1) is 16.9. The molecule has 1 saturated carbocycles. The third-order valence-corrected chi connectivity index (χ3v) is 5.27. The molecule has 0 saturated heterocycles. The van der Waals surface area contributed by atoms with Crippen molar-refractivity contribution in [3.63, 3.8) is 0 Å². The van der Waals surface area contributed by atoms with E-state index in [1.807, 2.05) is 5.51 Å². The Morgan fingerprint density at radius 1 is 1.48 bits per heavy atom. The maximum atomic E-state index is 4.41.